The van der Waals surface area contributed by atoms with Crippen molar-refractivity contribution in [2.75, 3.05) is 0 Å². The van der Waals surface area contributed by atoms with E-state index in [0.29, 0.717) is 0 Å². The van der Waals surface area contributed by atoms with Crippen molar-refractivity contribution in [1.29, 1.82) is 0 Å². The third-order valence-electron chi connectivity index (χ3n) is 4.31. The molecule has 120 valence electrons. The molecule has 0 nitrogen and oxygen atoms in total. The van der Waals surface area contributed by atoms with Crippen LogP contribution in [0.4, 0.5) is 0 Å². The minimum atomic E-state index is -0.785. The maximum atomic E-state index is 2.57. The van der Waals surface area contributed by atoms with Gasteiger partial charge in [0, 0.05) is 0 Å². The van der Waals surface area contributed by atoms with Crippen molar-refractivity contribution in [1.82, 2.24) is 0 Å². The van der Waals surface area contributed by atoms with Crippen molar-refractivity contribution in [3.63, 3.8) is 0 Å². The first-order valence-corrected chi connectivity index (χ1v) is 10.3. The van der Waals surface area contributed by atoms with Crippen LogP contribution >= 0.6 is 0 Å². The Balaban J connectivity index is 1.71. The zero-order valence-electron chi connectivity index (χ0n) is 14.3. The van der Waals surface area contributed by atoms with Gasteiger partial charge in [-0.3, -0.25) is 0 Å². The predicted octanol–water partition coefficient (Wildman–Crippen LogP) is 4.01. The molecule has 0 aliphatic rings. The Morgan fingerprint density at radius 1 is 0.708 bits per heavy atom. The lowest BCUT2D eigenvalue weighted by atomic mass is 10.1. The summed E-state index contributed by atoms with van der Waals surface area (Å²) in [6.07, 6.45) is 3.55. The van der Waals surface area contributed by atoms with Crippen molar-refractivity contribution in [3.05, 3.63) is 96.1 Å². The molecule has 3 rings (SSSR count). The quantitative estimate of drug-likeness (QED) is 0.474. The maximum absolute atomic E-state index is 2.57. The van der Waals surface area contributed by atoms with Gasteiger partial charge in [0.2, 0.25) is 0 Å². The fourth-order valence-corrected chi connectivity index (χ4v) is 5.35. The topological polar surface area (TPSA) is 0 Å². The van der Waals surface area contributed by atoms with Crippen LogP contribution in [0.5, 0.6) is 0 Å². The van der Waals surface area contributed by atoms with Gasteiger partial charge in [-0.2, -0.15) is 0 Å². The standard InChI is InChI=1S/C23H24Si/c1-20-15-17-21(18-16-20)10-8-9-19-24(22-11-4-2-5-12-22)23-13-6-3-7-14-23/h2-7,11-19H,8-10H2,1H3. The molecule has 0 atom stereocenters. The largest absolute Gasteiger partial charge is 0.0953 e. The zero-order chi connectivity index (χ0) is 16.6. The molecule has 0 saturated carbocycles. The molecule has 0 amide bonds. The van der Waals surface area contributed by atoms with Crippen molar-refractivity contribution in [2.24, 2.45) is 0 Å². The first-order valence-electron chi connectivity index (χ1n) is 8.69. The zero-order valence-corrected chi connectivity index (χ0v) is 15.3. The number of rotatable bonds is 6. The van der Waals surface area contributed by atoms with Gasteiger partial charge in [0.25, 0.3) is 0 Å². The summed E-state index contributed by atoms with van der Waals surface area (Å²) in [6, 6.07) is 30.9. The monoisotopic (exact) mass is 328 g/mol. The molecule has 0 aliphatic heterocycles. The van der Waals surface area contributed by atoms with Gasteiger partial charge in [-0.15, -0.1) is 0 Å². The molecule has 24 heavy (non-hydrogen) atoms. The highest BCUT2D eigenvalue weighted by molar-refractivity contribution is 6.88. The van der Waals surface area contributed by atoms with Gasteiger partial charge in [-0.1, -0.05) is 96.2 Å². The highest BCUT2D eigenvalue weighted by Crippen LogP contribution is 2.06. The second-order valence-electron chi connectivity index (χ2n) is 6.23. The molecule has 0 aliphatic carbocycles. The van der Waals surface area contributed by atoms with E-state index in [1.807, 2.05) is 0 Å². The lowest BCUT2D eigenvalue weighted by Gasteiger charge is -2.08. The van der Waals surface area contributed by atoms with E-state index in [9.17, 15) is 0 Å². The van der Waals surface area contributed by atoms with Crippen molar-refractivity contribution in [3.8, 4) is 0 Å². The second-order valence-corrected chi connectivity index (χ2v) is 8.62. The predicted molar refractivity (Wildman–Crippen MR) is 108 cm³/mol. The fourth-order valence-electron chi connectivity index (χ4n) is 2.95. The van der Waals surface area contributed by atoms with Gasteiger partial charge >= 0.3 is 0 Å². The molecule has 0 radical (unpaired) electrons. The summed E-state index contributed by atoms with van der Waals surface area (Å²) in [7, 11) is -0.785. The second kappa shape index (κ2) is 8.56. The van der Waals surface area contributed by atoms with Crippen LogP contribution in [0.1, 0.15) is 24.0 Å². The lowest BCUT2D eigenvalue weighted by molar-refractivity contribution is 0.877. The molecular weight excluding hydrogens is 304 g/mol. The van der Waals surface area contributed by atoms with Crippen LogP contribution in [0.3, 0.4) is 0 Å². The molecule has 0 bridgehead atoms. The SMILES string of the molecule is Cc1ccc(CCCC=[Si](c2ccccc2)c2ccccc2)cc1. The first kappa shape index (κ1) is 16.6. The lowest BCUT2D eigenvalue weighted by Crippen LogP contribution is -2.36. The van der Waals surface area contributed by atoms with Crippen molar-refractivity contribution in [2.45, 2.75) is 26.2 Å². The fraction of sp³-hybridized carbons (Fsp3) is 0.174. The summed E-state index contributed by atoms with van der Waals surface area (Å²) >= 11 is 0. The number of aryl methyl sites for hydroxylation is 2. The summed E-state index contributed by atoms with van der Waals surface area (Å²) < 4.78 is 0. The van der Waals surface area contributed by atoms with E-state index in [4.69, 9.17) is 0 Å². The Hall–Kier alpha value is -2.25. The van der Waals surface area contributed by atoms with Crippen LogP contribution in [-0.2, 0) is 6.42 Å². The maximum Gasteiger partial charge on any atom is 0.0760 e. The van der Waals surface area contributed by atoms with Gasteiger partial charge in [-0.05, 0) is 42.1 Å². The van der Waals surface area contributed by atoms with E-state index < -0.39 is 8.41 Å². The van der Waals surface area contributed by atoms with E-state index in [1.165, 1.54) is 34.3 Å². The number of benzene rings is 3. The first-order chi connectivity index (χ1) is 11.8. The Morgan fingerprint density at radius 2 is 1.25 bits per heavy atom. The molecule has 3 aromatic carbocycles. The van der Waals surface area contributed by atoms with Crippen LogP contribution in [0, 0.1) is 6.92 Å². The van der Waals surface area contributed by atoms with Crippen LogP contribution in [-0.4, -0.2) is 14.1 Å². The molecule has 0 spiro atoms. The summed E-state index contributed by atoms with van der Waals surface area (Å²) in [6.45, 7) is 2.14. The van der Waals surface area contributed by atoms with E-state index >= 15 is 0 Å². The van der Waals surface area contributed by atoms with Crippen LogP contribution in [0.2, 0.25) is 0 Å². The highest BCUT2D eigenvalue weighted by atomic mass is 28.2. The Morgan fingerprint density at radius 3 is 1.79 bits per heavy atom. The summed E-state index contributed by atoms with van der Waals surface area (Å²) in [5, 5.41) is 2.95. The average Bonchev–Trinajstić information content (AvgIpc) is 2.65. The molecule has 0 unspecified atom stereocenters. The van der Waals surface area contributed by atoms with E-state index in [1.54, 1.807) is 0 Å². The van der Waals surface area contributed by atoms with Crippen LogP contribution in [0.25, 0.3) is 0 Å². The third kappa shape index (κ3) is 4.62. The van der Waals surface area contributed by atoms with Gasteiger partial charge in [-0.25, -0.2) is 0 Å². The van der Waals surface area contributed by atoms with Gasteiger partial charge in [0.15, 0.2) is 0 Å². The van der Waals surface area contributed by atoms with Crippen LogP contribution < -0.4 is 10.4 Å². The summed E-state index contributed by atoms with van der Waals surface area (Å²) in [5.74, 6) is 0. The Bertz CT molecular complexity index is 730. The van der Waals surface area contributed by atoms with Crippen molar-refractivity contribution >= 4 is 24.5 Å². The van der Waals surface area contributed by atoms with Crippen LogP contribution in [0.15, 0.2) is 84.9 Å². The molecule has 1 heteroatoms. The normalized spacial score (nSPS) is 10.4. The molecule has 0 saturated heterocycles. The van der Waals surface area contributed by atoms with E-state index in [0.717, 1.165) is 6.42 Å². The average molecular weight is 329 g/mol. The molecule has 0 heterocycles. The third-order valence-corrected chi connectivity index (χ3v) is 6.92. The van der Waals surface area contributed by atoms with E-state index in [-0.39, 0.29) is 0 Å². The highest BCUT2D eigenvalue weighted by Gasteiger charge is 2.05. The number of hydrogen-bond acceptors (Lipinski definition) is 0. The van der Waals surface area contributed by atoms with Crippen molar-refractivity contribution < 1.29 is 0 Å². The van der Waals surface area contributed by atoms with E-state index in [2.05, 4.69) is 97.5 Å². The molecular formula is C23H24Si. The summed E-state index contributed by atoms with van der Waals surface area (Å²) in [4.78, 5) is 0. The molecule has 0 aromatic heterocycles. The van der Waals surface area contributed by atoms with Gasteiger partial charge < -0.3 is 0 Å². The molecule has 0 N–H and O–H groups in total. The molecule has 3 aromatic rings. The van der Waals surface area contributed by atoms with Gasteiger partial charge in [0.1, 0.15) is 0 Å². The number of hydrogen-bond donors (Lipinski definition) is 0. The minimum Gasteiger partial charge on any atom is -0.0953 e. The smallest absolute Gasteiger partial charge is 0.0760 e. The van der Waals surface area contributed by atoms with Gasteiger partial charge in [0.05, 0.1) is 8.41 Å². The summed E-state index contributed by atoms with van der Waals surface area (Å²) in [5.41, 5.74) is 5.36. The Kier molecular flexibility index (Phi) is 5.92. The Labute approximate surface area is 147 Å². The molecule has 0 fully saturated rings. The number of unbranched alkanes of at least 4 members (excludes halogenated alkanes) is 1. The minimum absolute atomic E-state index is 0.785.